The Kier molecular flexibility index (Phi) is 7.79. The second-order valence-electron chi connectivity index (χ2n) is 5.74. The summed E-state index contributed by atoms with van der Waals surface area (Å²) in [6.45, 7) is 2.69. The van der Waals surface area contributed by atoms with E-state index in [2.05, 4.69) is 33.4 Å². The maximum absolute atomic E-state index is 5.74. The van der Waals surface area contributed by atoms with Crippen LogP contribution in [0.2, 0.25) is 0 Å². The van der Waals surface area contributed by atoms with Crippen molar-refractivity contribution in [2.24, 2.45) is 4.99 Å². The lowest BCUT2D eigenvalue weighted by molar-refractivity contribution is 0.185. The van der Waals surface area contributed by atoms with E-state index in [-0.39, 0.29) is 0 Å². The van der Waals surface area contributed by atoms with Crippen molar-refractivity contribution in [3.8, 4) is 5.75 Å². The lowest BCUT2D eigenvalue weighted by Gasteiger charge is -2.22. The Morgan fingerprint density at radius 3 is 2.56 bits per heavy atom. The van der Waals surface area contributed by atoms with Crippen LogP contribution in [-0.4, -0.2) is 45.2 Å². The van der Waals surface area contributed by atoms with Crippen LogP contribution in [-0.2, 0) is 17.9 Å². The van der Waals surface area contributed by atoms with Gasteiger partial charge in [0.2, 0.25) is 0 Å². The number of guanidine groups is 1. The molecule has 0 aliphatic carbocycles. The number of hydrogen-bond donors (Lipinski definition) is 1. The van der Waals surface area contributed by atoms with E-state index < -0.39 is 0 Å². The highest BCUT2D eigenvalue weighted by atomic mass is 16.5. The minimum atomic E-state index is 0.602. The van der Waals surface area contributed by atoms with Gasteiger partial charge in [0, 0.05) is 27.7 Å². The first-order chi connectivity index (χ1) is 12.2. The fraction of sp³-hybridized carbons (Fsp3) is 0.350. The summed E-state index contributed by atoms with van der Waals surface area (Å²) in [5, 5.41) is 3.38. The van der Waals surface area contributed by atoms with Gasteiger partial charge in [-0.1, -0.05) is 42.5 Å². The first-order valence-electron chi connectivity index (χ1n) is 8.39. The summed E-state index contributed by atoms with van der Waals surface area (Å²) < 4.78 is 10.9. The number of methoxy groups -OCH3 is 1. The summed E-state index contributed by atoms with van der Waals surface area (Å²) in [6.07, 6.45) is 0. The maximum atomic E-state index is 5.74. The zero-order valence-corrected chi connectivity index (χ0v) is 15.2. The van der Waals surface area contributed by atoms with Crippen LogP contribution in [0.3, 0.4) is 0 Å². The largest absolute Gasteiger partial charge is 0.492 e. The van der Waals surface area contributed by atoms with E-state index in [1.807, 2.05) is 43.4 Å². The molecule has 2 aromatic carbocycles. The zero-order valence-electron chi connectivity index (χ0n) is 15.2. The van der Waals surface area contributed by atoms with Crippen LogP contribution in [0.15, 0.2) is 59.6 Å². The Labute approximate surface area is 150 Å². The van der Waals surface area contributed by atoms with E-state index in [0.29, 0.717) is 19.8 Å². The fourth-order valence-electron chi connectivity index (χ4n) is 2.48. The quantitative estimate of drug-likeness (QED) is 0.592. The number of nitrogens with zero attached hydrogens (tertiary/aromatic N) is 2. The normalized spacial score (nSPS) is 11.2. The molecule has 0 fully saturated rings. The zero-order chi connectivity index (χ0) is 17.9. The van der Waals surface area contributed by atoms with Crippen molar-refractivity contribution < 1.29 is 9.47 Å². The predicted octanol–water partition coefficient (Wildman–Crippen LogP) is 2.92. The molecule has 0 spiro atoms. The van der Waals surface area contributed by atoms with Gasteiger partial charge in [-0.05, 0) is 23.3 Å². The van der Waals surface area contributed by atoms with Gasteiger partial charge in [0.05, 0.1) is 13.2 Å². The Morgan fingerprint density at radius 1 is 1.08 bits per heavy atom. The molecule has 1 N–H and O–H groups in total. The standard InChI is InChI=1S/C20H27N3O2/c1-21-20(22-15-17-8-7-9-18(14-17)16-24-3)23(2)12-13-25-19-10-5-4-6-11-19/h4-11,14H,12-13,15-16H2,1-3H3,(H,21,22). The average molecular weight is 341 g/mol. The number of para-hydroxylation sites is 1. The Balaban J connectivity index is 1.79. The molecule has 5 nitrogen and oxygen atoms in total. The number of nitrogens with one attached hydrogen (secondary N) is 1. The molecule has 2 rings (SSSR count). The number of likely N-dealkylation sites (N-methyl/N-ethyl adjacent to an activating group) is 1. The molecule has 0 saturated carbocycles. The van der Waals surface area contributed by atoms with Gasteiger partial charge in [-0.15, -0.1) is 0 Å². The highest BCUT2D eigenvalue weighted by Gasteiger charge is 2.06. The monoisotopic (exact) mass is 341 g/mol. The molecule has 0 radical (unpaired) electrons. The predicted molar refractivity (Wildman–Crippen MR) is 102 cm³/mol. The summed E-state index contributed by atoms with van der Waals surface area (Å²) in [6, 6.07) is 18.2. The van der Waals surface area contributed by atoms with Crippen LogP contribution in [0.1, 0.15) is 11.1 Å². The van der Waals surface area contributed by atoms with Gasteiger partial charge in [-0.25, -0.2) is 0 Å². The van der Waals surface area contributed by atoms with Gasteiger partial charge in [0.15, 0.2) is 5.96 Å². The molecule has 0 heterocycles. The molecule has 25 heavy (non-hydrogen) atoms. The van der Waals surface area contributed by atoms with Crippen LogP contribution in [0.4, 0.5) is 0 Å². The van der Waals surface area contributed by atoms with Gasteiger partial charge in [0.1, 0.15) is 12.4 Å². The van der Waals surface area contributed by atoms with E-state index in [4.69, 9.17) is 9.47 Å². The molecule has 0 saturated heterocycles. The average Bonchev–Trinajstić information content (AvgIpc) is 2.64. The maximum Gasteiger partial charge on any atom is 0.193 e. The van der Waals surface area contributed by atoms with Crippen LogP contribution in [0.25, 0.3) is 0 Å². The van der Waals surface area contributed by atoms with Crippen molar-refractivity contribution in [3.05, 3.63) is 65.7 Å². The molecule has 0 atom stereocenters. The number of rotatable bonds is 8. The minimum absolute atomic E-state index is 0.602. The van der Waals surface area contributed by atoms with E-state index in [1.54, 1.807) is 14.2 Å². The van der Waals surface area contributed by atoms with Crippen molar-refractivity contribution in [3.63, 3.8) is 0 Å². The highest BCUT2D eigenvalue weighted by Crippen LogP contribution is 2.08. The van der Waals surface area contributed by atoms with Gasteiger partial charge >= 0.3 is 0 Å². The Hall–Kier alpha value is -2.53. The molecular formula is C20H27N3O2. The first-order valence-corrected chi connectivity index (χ1v) is 8.39. The molecule has 0 aliphatic heterocycles. The molecule has 0 aromatic heterocycles. The second kappa shape index (κ2) is 10.4. The molecule has 5 heteroatoms. The fourth-order valence-corrected chi connectivity index (χ4v) is 2.48. The summed E-state index contributed by atoms with van der Waals surface area (Å²) >= 11 is 0. The van der Waals surface area contributed by atoms with Gasteiger partial charge < -0.3 is 19.7 Å². The SMILES string of the molecule is CN=C(NCc1cccc(COC)c1)N(C)CCOc1ccccc1. The molecule has 0 aliphatic rings. The first kappa shape index (κ1) is 18.8. The summed E-state index contributed by atoms with van der Waals surface area (Å²) in [4.78, 5) is 6.40. The number of benzene rings is 2. The van der Waals surface area contributed by atoms with E-state index >= 15 is 0 Å². The number of aliphatic imine (C=N–C) groups is 1. The Morgan fingerprint density at radius 2 is 1.84 bits per heavy atom. The number of hydrogen-bond acceptors (Lipinski definition) is 3. The van der Waals surface area contributed by atoms with Gasteiger partial charge in [-0.2, -0.15) is 0 Å². The second-order valence-corrected chi connectivity index (χ2v) is 5.74. The topological polar surface area (TPSA) is 46.1 Å². The van der Waals surface area contributed by atoms with E-state index in [9.17, 15) is 0 Å². The molecule has 134 valence electrons. The smallest absolute Gasteiger partial charge is 0.193 e. The molecule has 0 amide bonds. The third-order valence-electron chi connectivity index (χ3n) is 3.77. The molecule has 0 bridgehead atoms. The van der Waals surface area contributed by atoms with Crippen LogP contribution < -0.4 is 10.1 Å². The third kappa shape index (κ3) is 6.47. The molecule has 2 aromatic rings. The molecule has 0 unspecified atom stereocenters. The van der Waals surface area contributed by atoms with Crippen molar-refractivity contribution in [1.82, 2.24) is 10.2 Å². The van der Waals surface area contributed by atoms with Crippen LogP contribution in [0, 0.1) is 0 Å². The summed E-state index contributed by atoms with van der Waals surface area (Å²) in [5.41, 5.74) is 2.37. The van der Waals surface area contributed by atoms with Crippen LogP contribution in [0.5, 0.6) is 5.75 Å². The van der Waals surface area contributed by atoms with Crippen molar-refractivity contribution >= 4 is 5.96 Å². The Bertz CT molecular complexity index is 659. The molecular weight excluding hydrogens is 314 g/mol. The van der Waals surface area contributed by atoms with E-state index in [1.165, 1.54) is 11.1 Å². The lowest BCUT2D eigenvalue weighted by atomic mass is 10.1. The summed E-state index contributed by atoms with van der Waals surface area (Å²) in [7, 11) is 5.50. The van der Waals surface area contributed by atoms with Crippen molar-refractivity contribution in [1.29, 1.82) is 0 Å². The van der Waals surface area contributed by atoms with Crippen LogP contribution >= 0.6 is 0 Å². The number of ether oxygens (including phenoxy) is 2. The minimum Gasteiger partial charge on any atom is -0.492 e. The van der Waals surface area contributed by atoms with Gasteiger partial charge in [0.25, 0.3) is 0 Å². The summed E-state index contributed by atoms with van der Waals surface area (Å²) in [5.74, 6) is 1.72. The lowest BCUT2D eigenvalue weighted by Crippen LogP contribution is -2.40. The van der Waals surface area contributed by atoms with Crippen molar-refractivity contribution in [2.75, 3.05) is 34.4 Å². The van der Waals surface area contributed by atoms with E-state index in [0.717, 1.165) is 18.3 Å². The third-order valence-corrected chi connectivity index (χ3v) is 3.77. The van der Waals surface area contributed by atoms with Crippen molar-refractivity contribution in [2.45, 2.75) is 13.2 Å². The highest BCUT2D eigenvalue weighted by molar-refractivity contribution is 5.79. The van der Waals surface area contributed by atoms with Gasteiger partial charge in [-0.3, -0.25) is 4.99 Å².